The molecule has 0 bridgehead atoms. The lowest BCUT2D eigenvalue weighted by Gasteiger charge is -2.06. The molecule has 2 rings (SSSR count). The lowest BCUT2D eigenvalue weighted by Crippen LogP contribution is -1.86. The Morgan fingerprint density at radius 3 is 0.909 bits per heavy atom. The summed E-state index contributed by atoms with van der Waals surface area (Å²) in [7, 11) is 0. The highest BCUT2D eigenvalue weighted by Gasteiger charge is 2.30. The second kappa shape index (κ2) is 39.6. The fourth-order valence-corrected chi connectivity index (χ4v) is 18.5. The van der Waals surface area contributed by atoms with Crippen molar-refractivity contribution < 1.29 is 0 Å². The van der Waals surface area contributed by atoms with Gasteiger partial charge < -0.3 is 0 Å². The zero-order chi connectivity index (χ0) is 39.3. The summed E-state index contributed by atoms with van der Waals surface area (Å²) in [6.07, 6.45) is 48.7. The molecule has 0 atom stereocenters. The van der Waals surface area contributed by atoms with Crippen molar-refractivity contribution in [3.63, 3.8) is 0 Å². The van der Waals surface area contributed by atoms with Gasteiger partial charge in [-0.25, -0.2) is 0 Å². The third kappa shape index (κ3) is 28.6. The number of hydrogen-bond donors (Lipinski definition) is 0. The van der Waals surface area contributed by atoms with Crippen LogP contribution in [0.25, 0.3) is 0 Å². The van der Waals surface area contributed by atoms with Gasteiger partial charge in [0.05, 0.1) is 31.5 Å². The quantitative estimate of drug-likeness (QED) is 0.0557. The predicted molar refractivity (Wildman–Crippen MR) is 272 cm³/mol. The second-order valence-corrected chi connectivity index (χ2v) is 25.2. The van der Waals surface area contributed by atoms with Gasteiger partial charge in [0.2, 0.25) is 0 Å². The molecule has 0 fully saturated rings. The maximum atomic E-state index is 9.05. The van der Waals surface area contributed by atoms with E-state index in [2.05, 4.69) is 73.2 Å². The van der Waals surface area contributed by atoms with E-state index in [0.717, 1.165) is 5.75 Å². The topological polar surface area (TPSA) is 23.8 Å². The standard InChI is InChI=1S/C46H81NS8/c1-4-6-8-10-12-14-16-18-20-22-24-26-28-30-32-34-38-49-43-44(55-46(54-43)45-52-41(48-3)42(53-45)51-40-36-37-47)50-39-35-33-31-29-27-25-23-21-19-17-15-13-11-9-7-5-2/h4-36,38-40H2,1-3H3. The molecular weight excluding hydrogens is 823 g/mol. The van der Waals surface area contributed by atoms with Crippen LogP contribution in [0.15, 0.2) is 25.4 Å². The average molecular weight is 905 g/mol. The summed E-state index contributed by atoms with van der Waals surface area (Å²) < 4.78 is 8.96. The molecule has 2 aliphatic heterocycles. The Bertz CT molecular complexity index is 1010. The van der Waals surface area contributed by atoms with Crippen LogP contribution < -0.4 is 0 Å². The van der Waals surface area contributed by atoms with E-state index in [0.29, 0.717) is 6.42 Å². The van der Waals surface area contributed by atoms with Crippen molar-refractivity contribution in [3.05, 3.63) is 25.4 Å². The molecule has 9 heteroatoms. The zero-order valence-corrected chi connectivity index (χ0v) is 42.2. The van der Waals surface area contributed by atoms with Crippen LogP contribution in [0.5, 0.6) is 0 Å². The van der Waals surface area contributed by atoms with Gasteiger partial charge in [0.1, 0.15) is 0 Å². The Labute approximate surface area is 376 Å². The molecule has 0 aromatic rings. The lowest BCUT2D eigenvalue weighted by atomic mass is 10.0. The van der Waals surface area contributed by atoms with Crippen LogP contribution in [0.4, 0.5) is 0 Å². The number of unbranched alkanes of at least 4 members (excludes halogenated alkanes) is 30. The van der Waals surface area contributed by atoms with Crippen molar-refractivity contribution in [3.8, 4) is 6.07 Å². The minimum atomic E-state index is 0.623. The lowest BCUT2D eigenvalue weighted by molar-refractivity contribution is 0.532. The van der Waals surface area contributed by atoms with Gasteiger partial charge in [-0.2, -0.15) is 5.26 Å². The van der Waals surface area contributed by atoms with E-state index in [1.165, 1.54) is 234 Å². The van der Waals surface area contributed by atoms with Gasteiger partial charge >= 0.3 is 0 Å². The Morgan fingerprint density at radius 2 is 0.618 bits per heavy atom. The minimum Gasteiger partial charge on any atom is -0.198 e. The Hall–Kier alpha value is 1.51. The number of thioether (sulfide) groups is 8. The van der Waals surface area contributed by atoms with Crippen LogP contribution >= 0.6 is 94.1 Å². The number of nitriles is 1. The van der Waals surface area contributed by atoms with E-state index < -0.39 is 0 Å². The third-order valence-electron chi connectivity index (χ3n) is 10.3. The monoisotopic (exact) mass is 903 g/mol. The predicted octanol–water partition coefficient (Wildman–Crippen LogP) is 20.3. The number of rotatable bonds is 40. The molecular formula is C46H81NS8. The first-order chi connectivity index (χ1) is 27.2. The van der Waals surface area contributed by atoms with Crippen LogP contribution in [0, 0.1) is 11.3 Å². The summed E-state index contributed by atoms with van der Waals surface area (Å²) in [5.41, 5.74) is 0. The summed E-state index contributed by atoms with van der Waals surface area (Å²) in [6.45, 7) is 4.62. The maximum absolute atomic E-state index is 9.05. The molecule has 0 aromatic heterocycles. The van der Waals surface area contributed by atoms with Gasteiger partial charge in [0, 0.05) is 12.2 Å². The van der Waals surface area contributed by atoms with Gasteiger partial charge in [-0.1, -0.05) is 254 Å². The van der Waals surface area contributed by atoms with Crippen molar-refractivity contribution in [1.82, 2.24) is 0 Å². The third-order valence-corrected chi connectivity index (χ3v) is 21.9. The molecule has 2 heterocycles. The summed E-state index contributed by atoms with van der Waals surface area (Å²) in [4.78, 5) is 0. The highest BCUT2D eigenvalue weighted by Crippen LogP contribution is 2.66. The molecule has 0 radical (unpaired) electrons. The molecule has 0 saturated carbocycles. The molecule has 0 N–H and O–H groups in total. The second-order valence-electron chi connectivity index (χ2n) is 15.4. The summed E-state index contributed by atoms with van der Waals surface area (Å²) >= 11 is 16.1. The number of hydrogen-bond acceptors (Lipinski definition) is 9. The molecule has 1 nitrogen and oxygen atoms in total. The van der Waals surface area contributed by atoms with Gasteiger partial charge in [0.15, 0.2) is 0 Å². The van der Waals surface area contributed by atoms with Crippen LogP contribution in [0.2, 0.25) is 0 Å². The average Bonchev–Trinajstić information content (AvgIpc) is 3.81. The molecule has 0 amide bonds. The molecule has 0 unspecified atom stereocenters. The zero-order valence-electron chi connectivity index (χ0n) is 35.7. The van der Waals surface area contributed by atoms with Crippen LogP contribution in [0.1, 0.15) is 226 Å². The van der Waals surface area contributed by atoms with E-state index in [1.54, 1.807) is 8.47 Å². The molecule has 0 spiro atoms. The molecule has 2 aliphatic rings. The highest BCUT2D eigenvalue weighted by atomic mass is 32.3. The Kier molecular flexibility index (Phi) is 37.9. The molecule has 55 heavy (non-hydrogen) atoms. The molecule has 0 aromatic carbocycles. The number of nitrogens with zero attached hydrogens (tertiary/aromatic N) is 1. The first kappa shape index (κ1) is 52.6. The Morgan fingerprint density at radius 1 is 0.364 bits per heavy atom. The maximum Gasteiger partial charge on any atom is 0.0717 e. The van der Waals surface area contributed by atoms with Crippen molar-refractivity contribution in [2.24, 2.45) is 0 Å². The van der Waals surface area contributed by atoms with Crippen molar-refractivity contribution in [2.75, 3.05) is 23.5 Å². The van der Waals surface area contributed by atoms with Crippen molar-refractivity contribution >= 4 is 94.1 Å². The van der Waals surface area contributed by atoms with Crippen LogP contribution in [-0.2, 0) is 0 Å². The fraction of sp³-hybridized carbons (Fsp3) is 0.848. The van der Waals surface area contributed by atoms with Gasteiger partial charge in [-0.15, -0.1) is 47.0 Å². The van der Waals surface area contributed by atoms with E-state index in [1.807, 2.05) is 47.0 Å². The normalized spacial score (nSPS) is 14.7. The largest absolute Gasteiger partial charge is 0.198 e. The summed E-state index contributed by atoms with van der Waals surface area (Å²) in [5.74, 6) is 3.42. The highest BCUT2D eigenvalue weighted by molar-refractivity contribution is 8.45. The van der Waals surface area contributed by atoms with E-state index in [4.69, 9.17) is 5.26 Å². The Balaban J connectivity index is 1.62. The van der Waals surface area contributed by atoms with Gasteiger partial charge in [0.25, 0.3) is 0 Å². The summed E-state index contributed by atoms with van der Waals surface area (Å²) in [5, 5.41) is 9.05. The first-order valence-electron chi connectivity index (χ1n) is 23.0. The minimum absolute atomic E-state index is 0.623. The van der Waals surface area contributed by atoms with E-state index >= 15 is 0 Å². The van der Waals surface area contributed by atoms with Crippen LogP contribution in [0.3, 0.4) is 0 Å². The SMILES string of the molecule is CCCCCCCCCCCCCCCCCCSC1=C(SCCCCCCCCCCCCCCCCCC)SC(=C2SC(SC)=C(SCCC#N)S2)S1. The smallest absolute Gasteiger partial charge is 0.0717 e. The molecule has 318 valence electrons. The summed E-state index contributed by atoms with van der Waals surface area (Å²) in [6, 6.07) is 2.32. The van der Waals surface area contributed by atoms with Crippen LogP contribution in [-0.4, -0.2) is 23.5 Å². The molecule has 0 saturated heterocycles. The van der Waals surface area contributed by atoms with E-state index in [9.17, 15) is 0 Å². The first-order valence-corrected chi connectivity index (χ1v) is 30.4. The van der Waals surface area contributed by atoms with Crippen molar-refractivity contribution in [2.45, 2.75) is 226 Å². The van der Waals surface area contributed by atoms with E-state index in [-0.39, 0.29) is 0 Å². The molecule has 0 aliphatic carbocycles. The van der Waals surface area contributed by atoms with Crippen molar-refractivity contribution in [1.29, 1.82) is 5.26 Å². The fourth-order valence-electron chi connectivity index (χ4n) is 6.92. The van der Waals surface area contributed by atoms with Gasteiger partial charge in [-0.05, 0) is 30.6 Å². The van der Waals surface area contributed by atoms with Gasteiger partial charge in [-0.3, -0.25) is 0 Å².